The fourth-order valence-electron chi connectivity index (χ4n) is 2.54. The molecule has 0 unspecified atom stereocenters. The second kappa shape index (κ2) is 17.0. The van der Waals surface area contributed by atoms with Crippen LogP contribution in [0, 0.1) is 0 Å². The van der Waals surface area contributed by atoms with Crippen LogP contribution >= 0.6 is 0 Å². The second-order valence-electron chi connectivity index (χ2n) is 6.12. The lowest BCUT2D eigenvalue weighted by atomic mass is 10.0. The van der Waals surface area contributed by atoms with Gasteiger partial charge in [-0.05, 0) is 12.8 Å². The molecule has 0 bridgehead atoms. The number of hydrogen-bond acceptors (Lipinski definition) is 3. The molecule has 0 spiro atoms. The third kappa shape index (κ3) is 18.6. The number of nitrogens with one attached hydrogen (secondary N) is 1. The maximum absolute atomic E-state index is 11.3. The van der Waals surface area contributed by atoms with E-state index in [9.17, 15) is 14.4 Å². The lowest BCUT2D eigenvalue weighted by molar-refractivity contribution is -0.137. The van der Waals surface area contributed by atoms with Crippen molar-refractivity contribution < 1.29 is 19.5 Å². The van der Waals surface area contributed by atoms with Gasteiger partial charge in [-0.2, -0.15) is 0 Å². The number of amides is 1. The first kappa shape index (κ1) is 21.6. The van der Waals surface area contributed by atoms with Crippen molar-refractivity contribution in [2.75, 3.05) is 6.54 Å². The molecule has 1 amide bonds. The molecule has 0 aliphatic rings. The molecule has 23 heavy (non-hydrogen) atoms. The van der Waals surface area contributed by atoms with Crippen molar-refractivity contribution in [2.45, 2.75) is 89.9 Å². The summed E-state index contributed by atoms with van der Waals surface area (Å²) in [6, 6.07) is 0. The van der Waals surface area contributed by atoms with Crippen LogP contribution in [-0.2, 0) is 14.4 Å². The summed E-state index contributed by atoms with van der Waals surface area (Å²) in [6.45, 7) is -0.282. The summed E-state index contributed by atoms with van der Waals surface area (Å²) >= 11 is 0. The summed E-state index contributed by atoms with van der Waals surface area (Å²) in [7, 11) is 0. The van der Waals surface area contributed by atoms with Crippen molar-refractivity contribution in [3.05, 3.63) is 0 Å². The summed E-state index contributed by atoms with van der Waals surface area (Å²) in [4.78, 5) is 31.7. The first-order valence-corrected chi connectivity index (χ1v) is 9.09. The van der Waals surface area contributed by atoms with Crippen molar-refractivity contribution in [3.63, 3.8) is 0 Å². The number of carboxylic acid groups (broad SMARTS) is 1. The molecule has 5 heteroatoms. The van der Waals surface area contributed by atoms with Gasteiger partial charge in [-0.1, -0.05) is 64.2 Å². The Labute approximate surface area is 140 Å². The fourth-order valence-corrected chi connectivity index (χ4v) is 2.54. The van der Waals surface area contributed by atoms with Crippen LogP contribution in [-0.4, -0.2) is 29.8 Å². The Morgan fingerprint density at radius 1 is 0.739 bits per heavy atom. The summed E-state index contributed by atoms with van der Waals surface area (Å²) in [5.41, 5.74) is 0. The maximum Gasteiger partial charge on any atom is 0.322 e. The zero-order valence-corrected chi connectivity index (χ0v) is 14.4. The molecule has 0 radical (unpaired) electrons. The summed E-state index contributed by atoms with van der Waals surface area (Å²) < 4.78 is 0. The Kier molecular flexibility index (Phi) is 15.9. The molecule has 0 aliphatic carbocycles. The van der Waals surface area contributed by atoms with Gasteiger partial charge in [0, 0.05) is 12.8 Å². The van der Waals surface area contributed by atoms with E-state index < -0.39 is 5.97 Å². The van der Waals surface area contributed by atoms with Gasteiger partial charge in [0.1, 0.15) is 12.8 Å². The highest BCUT2D eigenvalue weighted by atomic mass is 16.4. The SMILES string of the molecule is O=CCCCCCCCCCCCCCCC(=O)NCC(=O)O. The third-order valence-corrected chi connectivity index (χ3v) is 3.91. The normalized spacial score (nSPS) is 10.4. The number of rotatable bonds is 17. The van der Waals surface area contributed by atoms with Gasteiger partial charge in [0.15, 0.2) is 0 Å². The van der Waals surface area contributed by atoms with E-state index in [0.717, 1.165) is 32.0 Å². The fraction of sp³-hybridized carbons (Fsp3) is 0.833. The molecule has 5 nitrogen and oxygen atoms in total. The van der Waals surface area contributed by atoms with Crippen LogP contribution < -0.4 is 5.32 Å². The maximum atomic E-state index is 11.3. The van der Waals surface area contributed by atoms with Gasteiger partial charge in [0.05, 0.1) is 0 Å². The highest BCUT2D eigenvalue weighted by Gasteiger charge is 2.03. The quantitative estimate of drug-likeness (QED) is 0.314. The zero-order chi connectivity index (χ0) is 17.2. The van der Waals surface area contributed by atoms with Crippen LogP contribution in [0.5, 0.6) is 0 Å². The molecule has 0 fully saturated rings. The Morgan fingerprint density at radius 2 is 1.17 bits per heavy atom. The zero-order valence-electron chi connectivity index (χ0n) is 14.4. The van der Waals surface area contributed by atoms with Crippen LogP contribution in [0.1, 0.15) is 89.9 Å². The van der Waals surface area contributed by atoms with Crippen molar-refractivity contribution >= 4 is 18.2 Å². The molecular formula is C18H33NO4. The highest BCUT2D eigenvalue weighted by molar-refractivity contribution is 5.80. The molecule has 0 atom stereocenters. The molecule has 0 aromatic carbocycles. The van der Waals surface area contributed by atoms with Crippen LogP contribution in [0.4, 0.5) is 0 Å². The number of carbonyl (C=O) groups excluding carboxylic acids is 2. The minimum absolute atomic E-state index is 0.166. The highest BCUT2D eigenvalue weighted by Crippen LogP contribution is 2.12. The van der Waals surface area contributed by atoms with Gasteiger partial charge in [-0.3, -0.25) is 9.59 Å². The van der Waals surface area contributed by atoms with Crippen LogP contribution in [0.15, 0.2) is 0 Å². The Hall–Kier alpha value is -1.39. The molecule has 0 rings (SSSR count). The van der Waals surface area contributed by atoms with E-state index in [1.807, 2.05) is 0 Å². The monoisotopic (exact) mass is 327 g/mol. The van der Waals surface area contributed by atoms with E-state index in [0.29, 0.717) is 12.8 Å². The van der Waals surface area contributed by atoms with Crippen LogP contribution in [0.25, 0.3) is 0 Å². The lowest BCUT2D eigenvalue weighted by Gasteiger charge is -2.03. The summed E-state index contributed by atoms with van der Waals surface area (Å²) in [5, 5.41) is 10.8. The molecule has 0 aliphatic heterocycles. The summed E-state index contributed by atoms with van der Waals surface area (Å²) in [6.07, 6.45) is 16.3. The minimum atomic E-state index is -1.00. The van der Waals surface area contributed by atoms with Gasteiger partial charge in [-0.25, -0.2) is 0 Å². The van der Waals surface area contributed by atoms with Crippen molar-refractivity contribution in [1.29, 1.82) is 0 Å². The molecule has 0 aromatic heterocycles. The standard InChI is InChI=1S/C18H33NO4/c20-15-13-11-9-7-5-3-1-2-4-6-8-10-12-14-17(21)19-16-18(22)23/h15H,1-14,16H2,(H,19,21)(H,22,23). The Morgan fingerprint density at radius 3 is 1.61 bits per heavy atom. The molecular weight excluding hydrogens is 294 g/mol. The van der Waals surface area contributed by atoms with Crippen LogP contribution in [0.2, 0.25) is 0 Å². The smallest absolute Gasteiger partial charge is 0.322 e. The van der Waals surface area contributed by atoms with Crippen LogP contribution in [0.3, 0.4) is 0 Å². The van der Waals surface area contributed by atoms with E-state index in [-0.39, 0.29) is 12.5 Å². The van der Waals surface area contributed by atoms with Gasteiger partial charge >= 0.3 is 5.97 Å². The van der Waals surface area contributed by atoms with Gasteiger partial charge in [-0.15, -0.1) is 0 Å². The predicted octanol–water partition coefficient (Wildman–Crippen LogP) is 3.85. The molecule has 0 heterocycles. The largest absolute Gasteiger partial charge is 0.480 e. The van der Waals surface area contributed by atoms with Gasteiger partial charge < -0.3 is 15.2 Å². The van der Waals surface area contributed by atoms with E-state index in [1.165, 1.54) is 51.4 Å². The number of carbonyl (C=O) groups is 3. The number of hydrogen-bond donors (Lipinski definition) is 2. The Balaban J connectivity index is 3.11. The second-order valence-corrected chi connectivity index (χ2v) is 6.12. The molecule has 2 N–H and O–H groups in total. The van der Waals surface area contributed by atoms with E-state index in [1.54, 1.807) is 0 Å². The van der Waals surface area contributed by atoms with Gasteiger partial charge in [0.2, 0.25) is 5.91 Å². The molecule has 0 saturated heterocycles. The molecule has 134 valence electrons. The summed E-state index contributed by atoms with van der Waals surface area (Å²) in [5.74, 6) is -1.17. The average Bonchev–Trinajstić information content (AvgIpc) is 2.53. The van der Waals surface area contributed by atoms with E-state index >= 15 is 0 Å². The number of aliphatic carboxylic acids is 1. The van der Waals surface area contributed by atoms with Crippen molar-refractivity contribution in [3.8, 4) is 0 Å². The topological polar surface area (TPSA) is 83.5 Å². The van der Waals surface area contributed by atoms with E-state index in [2.05, 4.69) is 5.32 Å². The number of aldehydes is 1. The average molecular weight is 327 g/mol. The molecule has 0 saturated carbocycles. The third-order valence-electron chi connectivity index (χ3n) is 3.91. The lowest BCUT2D eigenvalue weighted by Crippen LogP contribution is -2.28. The number of unbranched alkanes of at least 4 members (excludes halogenated alkanes) is 12. The van der Waals surface area contributed by atoms with Crippen molar-refractivity contribution in [1.82, 2.24) is 5.32 Å². The predicted molar refractivity (Wildman–Crippen MR) is 91.3 cm³/mol. The first-order valence-electron chi connectivity index (χ1n) is 9.09. The van der Waals surface area contributed by atoms with Gasteiger partial charge in [0.25, 0.3) is 0 Å². The van der Waals surface area contributed by atoms with Crippen molar-refractivity contribution in [2.24, 2.45) is 0 Å². The first-order chi connectivity index (χ1) is 11.2. The number of carboxylic acids is 1. The molecule has 0 aromatic rings. The van der Waals surface area contributed by atoms with E-state index in [4.69, 9.17) is 5.11 Å². The minimum Gasteiger partial charge on any atom is -0.480 e. The Bertz CT molecular complexity index is 318.